The number of hydrogen-bond acceptors (Lipinski definition) is 2. The summed E-state index contributed by atoms with van der Waals surface area (Å²) in [4.78, 5) is 13.9. The van der Waals surface area contributed by atoms with Crippen molar-refractivity contribution in [3.8, 4) is 0 Å². The van der Waals surface area contributed by atoms with E-state index in [-0.39, 0.29) is 11.9 Å². The van der Waals surface area contributed by atoms with Crippen molar-refractivity contribution < 1.29 is 4.79 Å². The molecule has 0 saturated carbocycles. The smallest absolute Gasteiger partial charge is 0.247 e. The third kappa shape index (κ3) is 2.33. The van der Waals surface area contributed by atoms with Gasteiger partial charge in [0.1, 0.15) is 6.04 Å². The Hall–Kier alpha value is -1.84. The molecule has 2 aromatic rings. The van der Waals surface area contributed by atoms with Crippen molar-refractivity contribution in [3.05, 3.63) is 64.7 Å². The van der Waals surface area contributed by atoms with Crippen LogP contribution in [0.3, 0.4) is 0 Å². The summed E-state index contributed by atoms with van der Waals surface area (Å²) in [5.74, 6) is -0.0656. The molecule has 1 aliphatic rings. The van der Waals surface area contributed by atoms with Gasteiger partial charge in [0.15, 0.2) is 0 Å². The van der Waals surface area contributed by atoms with Gasteiger partial charge < -0.3 is 10.6 Å². The monoisotopic (exact) mass is 300 g/mol. The fraction of sp³-hybridized carbons (Fsp3) is 0.235. The van der Waals surface area contributed by atoms with Crippen LogP contribution in [0.2, 0.25) is 5.02 Å². The Bertz CT molecular complexity index is 669. The molecule has 0 spiro atoms. The zero-order chi connectivity index (χ0) is 15.0. The van der Waals surface area contributed by atoms with E-state index in [1.807, 2.05) is 48.5 Å². The first-order chi connectivity index (χ1) is 10.1. The Morgan fingerprint density at radius 3 is 2.43 bits per heavy atom. The quantitative estimate of drug-likeness (QED) is 0.884. The number of aryl methyl sites for hydroxylation is 1. The van der Waals surface area contributed by atoms with Crippen molar-refractivity contribution in [1.29, 1.82) is 0 Å². The van der Waals surface area contributed by atoms with Gasteiger partial charge in [-0.1, -0.05) is 48.9 Å². The number of carbonyl (C=O) groups is 1. The highest BCUT2D eigenvalue weighted by atomic mass is 35.5. The van der Waals surface area contributed by atoms with E-state index >= 15 is 0 Å². The highest BCUT2D eigenvalue weighted by Crippen LogP contribution is 2.40. The van der Waals surface area contributed by atoms with Gasteiger partial charge in [-0.15, -0.1) is 0 Å². The predicted octanol–water partition coefficient (Wildman–Crippen LogP) is 3.32. The molecule has 1 saturated heterocycles. The van der Waals surface area contributed by atoms with Crippen LogP contribution in [0.15, 0.2) is 48.5 Å². The van der Waals surface area contributed by atoms with E-state index in [0.29, 0.717) is 5.02 Å². The van der Waals surface area contributed by atoms with Crippen molar-refractivity contribution in [2.75, 3.05) is 4.90 Å². The van der Waals surface area contributed by atoms with Gasteiger partial charge in [-0.2, -0.15) is 0 Å². The van der Waals surface area contributed by atoms with Crippen molar-refractivity contribution in [1.82, 2.24) is 0 Å². The van der Waals surface area contributed by atoms with Gasteiger partial charge in [-0.25, -0.2) is 0 Å². The predicted molar refractivity (Wildman–Crippen MR) is 85.5 cm³/mol. The molecule has 0 aliphatic carbocycles. The van der Waals surface area contributed by atoms with Crippen molar-refractivity contribution >= 4 is 23.2 Å². The minimum atomic E-state index is -0.532. The molecule has 108 valence electrons. The normalized spacial score (nSPS) is 21.3. The lowest BCUT2D eigenvalue weighted by Gasteiger charge is -2.46. The van der Waals surface area contributed by atoms with Crippen LogP contribution in [0.5, 0.6) is 0 Å². The first kappa shape index (κ1) is 14.1. The summed E-state index contributed by atoms with van der Waals surface area (Å²) in [7, 11) is 0. The molecular formula is C17H17ClN2O. The molecule has 1 heterocycles. The molecule has 2 N–H and O–H groups in total. The Morgan fingerprint density at radius 2 is 1.81 bits per heavy atom. The molecule has 3 rings (SSSR count). The van der Waals surface area contributed by atoms with Gasteiger partial charge in [0.25, 0.3) is 0 Å². The fourth-order valence-electron chi connectivity index (χ4n) is 2.74. The minimum Gasteiger partial charge on any atom is -0.318 e. The van der Waals surface area contributed by atoms with Crippen LogP contribution in [-0.4, -0.2) is 11.9 Å². The maximum Gasteiger partial charge on any atom is 0.247 e. The number of β-lactam (4-membered cyclic amide) rings is 1. The molecule has 0 aromatic heterocycles. The van der Waals surface area contributed by atoms with Crippen molar-refractivity contribution in [3.63, 3.8) is 0 Å². The second-order valence-corrected chi connectivity index (χ2v) is 5.63. The third-order valence-electron chi connectivity index (χ3n) is 3.99. The van der Waals surface area contributed by atoms with Crippen LogP contribution >= 0.6 is 11.6 Å². The molecule has 1 aliphatic heterocycles. The van der Waals surface area contributed by atoms with Crippen LogP contribution in [0.25, 0.3) is 0 Å². The summed E-state index contributed by atoms with van der Waals surface area (Å²) in [6.45, 7) is 2.10. The molecule has 3 nitrogen and oxygen atoms in total. The highest BCUT2D eigenvalue weighted by Gasteiger charge is 2.47. The van der Waals surface area contributed by atoms with Crippen molar-refractivity contribution in [2.24, 2.45) is 5.73 Å². The number of nitrogens with two attached hydrogens (primary N) is 1. The van der Waals surface area contributed by atoms with Gasteiger partial charge in [0, 0.05) is 10.7 Å². The average molecular weight is 301 g/mol. The molecule has 0 unspecified atom stereocenters. The number of hydrogen-bond donors (Lipinski definition) is 1. The zero-order valence-corrected chi connectivity index (χ0v) is 12.5. The first-order valence-corrected chi connectivity index (χ1v) is 7.43. The number of benzene rings is 2. The zero-order valence-electron chi connectivity index (χ0n) is 11.8. The summed E-state index contributed by atoms with van der Waals surface area (Å²) >= 11 is 6.25. The topological polar surface area (TPSA) is 46.3 Å². The number of rotatable bonds is 3. The third-order valence-corrected chi connectivity index (χ3v) is 4.33. The van der Waals surface area contributed by atoms with E-state index in [2.05, 4.69) is 6.92 Å². The second-order valence-electron chi connectivity index (χ2n) is 5.22. The summed E-state index contributed by atoms with van der Waals surface area (Å²) in [5.41, 5.74) is 9.00. The van der Waals surface area contributed by atoms with Crippen LogP contribution in [-0.2, 0) is 11.2 Å². The highest BCUT2D eigenvalue weighted by molar-refractivity contribution is 6.31. The Morgan fingerprint density at radius 1 is 1.14 bits per heavy atom. The fourth-order valence-corrected chi connectivity index (χ4v) is 2.99. The second kappa shape index (κ2) is 5.51. The summed E-state index contributed by atoms with van der Waals surface area (Å²) in [6, 6.07) is 14.8. The number of nitrogens with zero attached hydrogens (tertiary/aromatic N) is 1. The molecule has 21 heavy (non-hydrogen) atoms. The number of carbonyl (C=O) groups excluding carboxylic acids is 1. The molecule has 2 atom stereocenters. The standard InChI is InChI=1S/C17H17ClN2O/c1-2-11-7-9-12(10-8-11)20-16(15(19)17(20)21)13-5-3-4-6-14(13)18/h3-10,15-16H,2,19H2,1H3/t15-,16+/m1/s1. The van der Waals surface area contributed by atoms with Gasteiger partial charge in [-0.05, 0) is 35.7 Å². The van der Waals surface area contributed by atoms with E-state index in [1.54, 1.807) is 4.90 Å². The van der Waals surface area contributed by atoms with Gasteiger partial charge in [0.2, 0.25) is 5.91 Å². The Kier molecular flexibility index (Phi) is 3.70. The van der Waals surface area contributed by atoms with Crippen LogP contribution < -0.4 is 10.6 Å². The lowest BCUT2D eigenvalue weighted by Crippen LogP contribution is -2.63. The lowest BCUT2D eigenvalue weighted by molar-refractivity contribution is -0.126. The molecule has 1 fully saturated rings. The minimum absolute atomic E-state index is 0.0656. The number of halogens is 1. The Balaban J connectivity index is 1.96. The molecule has 0 radical (unpaired) electrons. The van der Waals surface area contributed by atoms with E-state index in [4.69, 9.17) is 17.3 Å². The molecular weight excluding hydrogens is 284 g/mol. The SMILES string of the molecule is CCc1ccc(N2C(=O)[C@H](N)[C@@H]2c2ccccc2Cl)cc1. The van der Waals surface area contributed by atoms with E-state index in [1.165, 1.54) is 5.56 Å². The molecule has 0 bridgehead atoms. The summed E-state index contributed by atoms with van der Waals surface area (Å²) in [6.07, 6.45) is 0.974. The van der Waals surface area contributed by atoms with E-state index in [9.17, 15) is 4.79 Å². The summed E-state index contributed by atoms with van der Waals surface area (Å²) < 4.78 is 0. The van der Waals surface area contributed by atoms with Crippen molar-refractivity contribution in [2.45, 2.75) is 25.4 Å². The van der Waals surface area contributed by atoms with E-state index < -0.39 is 6.04 Å². The van der Waals surface area contributed by atoms with Gasteiger partial charge in [-0.3, -0.25) is 4.79 Å². The van der Waals surface area contributed by atoms with E-state index in [0.717, 1.165) is 17.7 Å². The van der Waals surface area contributed by atoms with Crippen LogP contribution in [0.4, 0.5) is 5.69 Å². The van der Waals surface area contributed by atoms with Gasteiger partial charge >= 0.3 is 0 Å². The maximum absolute atomic E-state index is 12.2. The first-order valence-electron chi connectivity index (χ1n) is 7.05. The summed E-state index contributed by atoms with van der Waals surface area (Å²) in [5, 5.41) is 0.639. The largest absolute Gasteiger partial charge is 0.318 e. The number of anilines is 1. The average Bonchev–Trinajstić information content (AvgIpc) is 2.53. The molecule has 2 aromatic carbocycles. The number of amides is 1. The lowest BCUT2D eigenvalue weighted by atomic mass is 9.88. The maximum atomic E-state index is 12.2. The van der Waals surface area contributed by atoms with Crippen LogP contribution in [0, 0.1) is 0 Å². The van der Waals surface area contributed by atoms with Gasteiger partial charge in [0.05, 0.1) is 6.04 Å². The Labute approximate surface area is 129 Å². The molecule has 1 amide bonds. The molecule has 4 heteroatoms. The van der Waals surface area contributed by atoms with Crippen LogP contribution in [0.1, 0.15) is 24.1 Å².